The van der Waals surface area contributed by atoms with Crippen LogP contribution in [0.15, 0.2) is 93.8 Å². The number of amides is 1. The number of aromatic nitrogens is 1. The van der Waals surface area contributed by atoms with Crippen LogP contribution in [0.5, 0.6) is 0 Å². The van der Waals surface area contributed by atoms with Gasteiger partial charge in [0, 0.05) is 27.9 Å². The molecule has 0 bridgehead atoms. The van der Waals surface area contributed by atoms with Crippen molar-refractivity contribution in [1.29, 1.82) is 0 Å². The van der Waals surface area contributed by atoms with E-state index >= 15 is 0 Å². The number of aryl methyl sites for hydroxylation is 1. The van der Waals surface area contributed by atoms with E-state index in [1.807, 2.05) is 48.5 Å². The lowest BCUT2D eigenvalue weighted by Gasteiger charge is -2.07. The number of carbonyl (C=O) groups excluding carboxylic acids is 1. The molecule has 8 heteroatoms. The van der Waals surface area contributed by atoms with Crippen LogP contribution in [0.1, 0.15) is 18.2 Å². The van der Waals surface area contributed by atoms with Crippen LogP contribution in [0.3, 0.4) is 0 Å². The number of carbonyl (C=O) groups is 1. The van der Waals surface area contributed by atoms with Crippen molar-refractivity contribution in [2.75, 3.05) is 5.32 Å². The number of hydrogen-bond donors (Lipinski definition) is 2. The van der Waals surface area contributed by atoms with Gasteiger partial charge in [0.05, 0.1) is 0 Å². The summed E-state index contributed by atoms with van der Waals surface area (Å²) in [7, 11) is 0. The molecule has 6 nitrogen and oxygen atoms in total. The third-order valence-electron chi connectivity index (χ3n) is 5.65. The fraction of sp³-hybridized carbons (Fsp3) is 0.0690. The van der Waals surface area contributed by atoms with E-state index in [4.69, 9.17) is 32.7 Å². The molecule has 184 valence electrons. The lowest BCUT2D eigenvalue weighted by molar-refractivity contribution is -0.115. The van der Waals surface area contributed by atoms with Gasteiger partial charge in [-0.2, -0.15) is 0 Å². The quantitative estimate of drug-likeness (QED) is 0.176. The first-order chi connectivity index (χ1) is 18.0. The summed E-state index contributed by atoms with van der Waals surface area (Å²) in [4.78, 5) is 16.9. The van der Waals surface area contributed by atoms with Crippen LogP contribution in [0.2, 0.25) is 5.02 Å². The molecule has 0 radical (unpaired) electrons. The molecule has 3 aromatic carbocycles. The number of nitrogens with zero attached hydrogens (tertiary/aromatic N) is 1. The summed E-state index contributed by atoms with van der Waals surface area (Å²) in [6, 6.07) is 24.5. The average molecular weight is 528 g/mol. The highest BCUT2D eigenvalue weighted by Gasteiger charge is 2.10. The van der Waals surface area contributed by atoms with Gasteiger partial charge in [-0.05, 0) is 97.0 Å². The van der Waals surface area contributed by atoms with Crippen molar-refractivity contribution in [3.05, 3.63) is 101 Å². The first-order valence-electron chi connectivity index (χ1n) is 11.6. The number of halogens is 1. The molecule has 0 fully saturated rings. The highest BCUT2D eigenvalue weighted by Crippen LogP contribution is 2.27. The third kappa shape index (κ3) is 5.97. The molecule has 2 heterocycles. The summed E-state index contributed by atoms with van der Waals surface area (Å²) in [6.45, 7) is 2.12. The lowest BCUT2D eigenvalue weighted by atomic mass is 10.1. The first-order valence-corrected chi connectivity index (χ1v) is 12.4. The molecule has 0 saturated heterocycles. The van der Waals surface area contributed by atoms with Crippen molar-refractivity contribution in [2.45, 2.75) is 13.3 Å². The summed E-state index contributed by atoms with van der Waals surface area (Å²) in [5.74, 6) is 1.38. The maximum atomic E-state index is 12.3. The Kier molecular flexibility index (Phi) is 7.16. The fourth-order valence-corrected chi connectivity index (χ4v) is 4.04. The molecule has 0 saturated carbocycles. The largest absolute Gasteiger partial charge is 0.457 e. The van der Waals surface area contributed by atoms with Crippen LogP contribution in [-0.2, 0) is 11.2 Å². The van der Waals surface area contributed by atoms with Crippen molar-refractivity contribution < 1.29 is 13.6 Å². The maximum absolute atomic E-state index is 12.3. The number of furan rings is 1. The average Bonchev–Trinajstić information content (AvgIpc) is 3.55. The third-order valence-corrected chi connectivity index (χ3v) is 6.10. The molecule has 0 aliphatic heterocycles. The van der Waals surface area contributed by atoms with Crippen molar-refractivity contribution in [2.24, 2.45) is 0 Å². The Morgan fingerprint density at radius 2 is 1.73 bits per heavy atom. The van der Waals surface area contributed by atoms with Gasteiger partial charge in [0.2, 0.25) is 11.8 Å². The molecule has 2 N–H and O–H groups in total. The van der Waals surface area contributed by atoms with Gasteiger partial charge in [0.25, 0.3) is 0 Å². The van der Waals surface area contributed by atoms with Gasteiger partial charge < -0.3 is 14.2 Å². The Morgan fingerprint density at radius 1 is 0.973 bits per heavy atom. The second-order valence-electron chi connectivity index (χ2n) is 8.24. The summed E-state index contributed by atoms with van der Waals surface area (Å²) in [6.07, 6.45) is 3.91. The Labute approximate surface area is 224 Å². The van der Waals surface area contributed by atoms with Crippen LogP contribution in [0.4, 0.5) is 5.69 Å². The summed E-state index contributed by atoms with van der Waals surface area (Å²) in [5, 5.41) is 6.45. The van der Waals surface area contributed by atoms with Gasteiger partial charge in [-0.1, -0.05) is 30.7 Å². The number of fused-ring (bicyclic) bond motifs is 1. The molecule has 0 aliphatic rings. The highest BCUT2D eigenvalue weighted by molar-refractivity contribution is 7.80. The van der Waals surface area contributed by atoms with E-state index in [1.54, 1.807) is 24.3 Å². The molecule has 0 aliphatic carbocycles. The van der Waals surface area contributed by atoms with Gasteiger partial charge in [-0.15, -0.1) is 0 Å². The Balaban J connectivity index is 1.19. The van der Waals surface area contributed by atoms with Crippen molar-refractivity contribution in [1.82, 2.24) is 10.3 Å². The summed E-state index contributed by atoms with van der Waals surface area (Å²) < 4.78 is 11.7. The molecular weight excluding hydrogens is 506 g/mol. The lowest BCUT2D eigenvalue weighted by Crippen LogP contribution is -2.32. The maximum Gasteiger partial charge on any atom is 0.250 e. The van der Waals surface area contributed by atoms with Crippen LogP contribution in [-0.4, -0.2) is 16.0 Å². The predicted octanol–water partition coefficient (Wildman–Crippen LogP) is 7.50. The minimum atomic E-state index is -0.387. The molecule has 0 spiro atoms. The minimum Gasteiger partial charge on any atom is -0.457 e. The summed E-state index contributed by atoms with van der Waals surface area (Å²) in [5.41, 5.74) is 5.08. The standard InChI is InChI=1S/C29H22ClN3O3S/c1-2-18-3-5-20(6-4-18)28-32-24-17-22(11-14-26(24)36-28)31-29(37)33-27(34)16-13-23-12-15-25(35-23)19-7-9-21(30)10-8-19/h3-17H,2H2,1H3,(H2,31,33,34,37). The smallest absolute Gasteiger partial charge is 0.250 e. The monoisotopic (exact) mass is 527 g/mol. The first kappa shape index (κ1) is 24.5. The number of hydrogen-bond acceptors (Lipinski definition) is 5. The molecule has 5 rings (SSSR count). The molecular formula is C29H22ClN3O3S. The van der Waals surface area contributed by atoms with Crippen LogP contribution in [0, 0.1) is 0 Å². The van der Waals surface area contributed by atoms with E-state index in [0.29, 0.717) is 39.2 Å². The Bertz CT molecular complexity index is 1600. The zero-order valence-corrected chi connectivity index (χ0v) is 21.4. The van der Waals surface area contributed by atoms with Crippen LogP contribution >= 0.6 is 23.8 Å². The highest BCUT2D eigenvalue weighted by atomic mass is 35.5. The SMILES string of the molecule is CCc1ccc(-c2nc3cc(NC(=S)NC(=O)C=Cc4ccc(-c5ccc(Cl)cc5)o4)ccc3o2)cc1. The number of thiocarbonyl (C=S) groups is 1. The number of rotatable bonds is 6. The number of benzene rings is 3. The predicted molar refractivity (Wildman–Crippen MR) is 151 cm³/mol. The van der Waals surface area contributed by atoms with Crippen molar-refractivity contribution >= 4 is 57.7 Å². The van der Waals surface area contributed by atoms with E-state index in [0.717, 1.165) is 17.5 Å². The van der Waals surface area contributed by atoms with Gasteiger partial charge in [0.15, 0.2) is 10.7 Å². The Morgan fingerprint density at radius 3 is 2.49 bits per heavy atom. The molecule has 2 aromatic heterocycles. The van der Waals surface area contributed by atoms with Gasteiger partial charge in [-0.3, -0.25) is 10.1 Å². The molecule has 1 amide bonds. The molecule has 5 aromatic rings. The number of oxazole rings is 1. The molecule has 37 heavy (non-hydrogen) atoms. The number of anilines is 1. The molecule has 0 atom stereocenters. The van der Waals surface area contributed by atoms with E-state index in [2.05, 4.69) is 34.7 Å². The van der Waals surface area contributed by atoms with E-state index in [9.17, 15) is 4.79 Å². The second-order valence-corrected chi connectivity index (χ2v) is 9.08. The zero-order valence-electron chi connectivity index (χ0n) is 19.8. The normalized spacial score (nSPS) is 11.2. The van der Waals surface area contributed by atoms with E-state index < -0.39 is 0 Å². The summed E-state index contributed by atoms with van der Waals surface area (Å²) >= 11 is 11.2. The zero-order chi connectivity index (χ0) is 25.8. The van der Waals surface area contributed by atoms with Gasteiger partial charge in [0.1, 0.15) is 17.0 Å². The Hall–Kier alpha value is -4.20. The second kappa shape index (κ2) is 10.8. The minimum absolute atomic E-state index is 0.161. The van der Waals surface area contributed by atoms with Gasteiger partial charge in [-0.25, -0.2) is 4.98 Å². The van der Waals surface area contributed by atoms with Crippen molar-refractivity contribution in [3.63, 3.8) is 0 Å². The number of nitrogens with one attached hydrogen (secondary N) is 2. The fourth-order valence-electron chi connectivity index (χ4n) is 3.70. The van der Waals surface area contributed by atoms with E-state index in [1.165, 1.54) is 11.6 Å². The van der Waals surface area contributed by atoms with Gasteiger partial charge >= 0.3 is 0 Å². The molecule has 0 unspecified atom stereocenters. The van der Waals surface area contributed by atoms with Crippen LogP contribution < -0.4 is 10.6 Å². The van der Waals surface area contributed by atoms with Crippen LogP contribution in [0.25, 0.3) is 40.0 Å². The topological polar surface area (TPSA) is 80.3 Å². The van der Waals surface area contributed by atoms with Crippen molar-refractivity contribution in [3.8, 4) is 22.8 Å². The van der Waals surface area contributed by atoms with E-state index in [-0.39, 0.29) is 11.0 Å².